The number of aromatic amines is 1. The van der Waals surface area contributed by atoms with E-state index >= 15 is 0 Å². The number of H-pyrrole nitrogens is 1. The molecule has 2 aromatic rings. The van der Waals surface area contributed by atoms with E-state index in [0.717, 1.165) is 17.5 Å². The minimum Gasteiger partial charge on any atom is -0.285 e. The van der Waals surface area contributed by atoms with Crippen LogP contribution in [-0.4, -0.2) is 30.0 Å². The van der Waals surface area contributed by atoms with E-state index in [1.165, 1.54) is 4.31 Å². The first-order valence-electron chi connectivity index (χ1n) is 6.99. The molecule has 0 fully saturated rings. The van der Waals surface area contributed by atoms with E-state index in [2.05, 4.69) is 24.0 Å². The third kappa shape index (κ3) is 3.51. The van der Waals surface area contributed by atoms with Crippen LogP contribution in [0.5, 0.6) is 0 Å². The van der Waals surface area contributed by atoms with Crippen molar-refractivity contribution in [3.63, 3.8) is 0 Å². The zero-order chi connectivity index (χ0) is 15.5. The van der Waals surface area contributed by atoms with Crippen LogP contribution in [0.1, 0.15) is 37.3 Å². The Morgan fingerprint density at radius 1 is 1.29 bits per heavy atom. The number of benzene rings is 1. The van der Waals surface area contributed by atoms with E-state index in [9.17, 15) is 8.42 Å². The highest BCUT2D eigenvalue weighted by atomic mass is 32.2. The Balaban J connectivity index is 2.18. The van der Waals surface area contributed by atoms with E-state index in [4.69, 9.17) is 0 Å². The smallest absolute Gasteiger partial charge is 0.243 e. The summed E-state index contributed by atoms with van der Waals surface area (Å²) < 4.78 is 26.3. The van der Waals surface area contributed by atoms with Crippen LogP contribution in [0.15, 0.2) is 41.6 Å². The average Bonchev–Trinajstić information content (AvgIpc) is 2.99. The van der Waals surface area contributed by atoms with Crippen LogP contribution in [0.2, 0.25) is 0 Å². The third-order valence-electron chi connectivity index (χ3n) is 3.73. The van der Waals surface area contributed by atoms with Gasteiger partial charge < -0.3 is 0 Å². The molecule has 6 heteroatoms. The van der Waals surface area contributed by atoms with Gasteiger partial charge >= 0.3 is 0 Å². The number of nitrogens with one attached hydrogen (secondary N) is 1. The third-order valence-corrected chi connectivity index (χ3v) is 5.55. The molecule has 1 unspecified atom stereocenters. The van der Waals surface area contributed by atoms with Crippen LogP contribution in [0.3, 0.4) is 0 Å². The average molecular weight is 307 g/mol. The van der Waals surface area contributed by atoms with Crippen molar-refractivity contribution < 1.29 is 8.42 Å². The van der Waals surface area contributed by atoms with Gasteiger partial charge in [-0.1, -0.05) is 26.0 Å². The normalized spacial score (nSPS) is 13.5. The van der Waals surface area contributed by atoms with Crippen molar-refractivity contribution in [3.8, 4) is 0 Å². The molecule has 21 heavy (non-hydrogen) atoms. The largest absolute Gasteiger partial charge is 0.285 e. The molecule has 5 nitrogen and oxygen atoms in total. The lowest BCUT2D eigenvalue weighted by atomic mass is 9.99. The molecule has 1 heterocycles. The Hall–Kier alpha value is -1.66. The highest BCUT2D eigenvalue weighted by molar-refractivity contribution is 7.89. The van der Waals surface area contributed by atoms with Gasteiger partial charge in [0.2, 0.25) is 10.0 Å². The van der Waals surface area contributed by atoms with Crippen LogP contribution in [0.25, 0.3) is 0 Å². The second-order valence-corrected chi connectivity index (χ2v) is 7.29. The zero-order valence-electron chi connectivity index (χ0n) is 12.6. The standard InChI is InChI=1S/C15H21N3O2S/c1-4-12(2)14-5-7-15(8-6-14)21(19,20)18(3)11-13-9-16-17-10-13/h5-10,12H,4,11H2,1-3H3,(H,16,17). The summed E-state index contributed by atoms with van der Waals surface area (Å²) in [7, 11) is -1.90. The quantitative estimate of drug-likeness (QED) is 0.892. The first kappa shape index (κ1) is 15.7. The van der Waals surface area contributed by atoms with Gasteiger partial charge in [-0.05, 0) is 30.0 Å². The number of rotatable bonds is 6. The molecule has 0 spiro atoms. The molecule has 0 saturated heterocycles. The lowest BCUT2D eigenvalue weighted by molar-refractivity contribution is 0.467. The number of nitrogens with zero attached hydrogens (tertiary/aromatic N) is 2. The van der Waals surface area contributed by atoms with Gasteiger partial charge in [0.05, 0.1) is 11.1 Å². The van der Waals surface area contributed by atoms with Crippen molar-refractivity contribution >= 4 is 10.0 Å². The van der Waals surface area contributed by atoms with Crippen LogP contribution in [0, 0.1) is 0 Å². The fraction of sp³-hybridized carbons (Fsp3) is 0.400. The SMILES string of the molecule is CCC(C)c1ccc(S(=O)(=O)N(C)Cc2cn[nH]c2)cc1. The van der Waals surface area contributed by atoms with Crippen molar-refractivity contribution in [3.05, 3.63) is 47.8 Å². The lowest BCUT2D eigenvalue weighted by Crippen LogP contribution is -2.26. The molecule has 1 aromatic heterocycles. The van der Waals surface area contributed by atoms with Crippen LogP contribution < -0.4 is 0 Å². The van der Waals surface area contributed by atoms with Gasteiger partial charge in [-0.3, -0.25) is 5.10 Å². The molecule has 0 aliphatic carbocycles. The van der Waals surface area contributed by atoms with Crippen LogP contribution in [0.4, 0.5) is 0 Å². The Morgan fingerprint density at radius 2 is 1.95 bits per heavy atom. The van der Waals surface area contributed by atoms with Crippen molar-refractivity contribution in [1.82, 2.24) is 14.5 Å². The molecule has 0 saturated carbocycles. The summed E-state index contributed by atoms with van der Waals surface area (Å²) in [4.78, 5) is 0.320. The molecule has 1 atom stereocenters. The second-order valence-electron chi connectivity index (χ2n) is 5.25. The summed E-state index contributed by atoms with van der Waals surface area (Å²) in [5, 5.41) is 6.51. The molecular formula is C15H21N3O2S. The zero-order valence-corrected chi connectivity index (χ0v) is 13.4. The summed E-state index contributed by atoms with van der Waals surface area (Å²) in [6.07, 6.45) is 4.35. The topological polar surface area (TPSA) is 66.1 Å². The molecule has 1 N–H and O–H groups in total. The van der Waals surface area contributed by atoms with E-state index < -0.39 is 10.0 Å². The van der Waals surface area contributed by atoms with Gasteiger partial charge in [-0.25, -0.2) is 8.42 Å². The highest BCUT2D eigenvalue weighted by Gasteiger charge is 2.21. The predicted molar refractivity (Wildman–Crippen MR) is 82.4 cm³/mol. The highest BCUT2D eigenvalue weighted by Crippen LogP contribution is 2.22. The van der Waals surface area contributed by atoms with Gasteiger partial charge in [0.1, 0.15) is 0 Å². The molecule has 0 bridgehead atoms. The molecule has 2 rings (SSSR count). The fourth-order valence-electron chi connectivity index (χ4n) is 2.09. The van der Waals surface area contributed by atoms with E-state index in [1.807, 2.05) is 12.1 Å². The monoisotopic (exact) mass is 307 g/mol. The number of hydrogen-bond acceptors (Lipinski definition) is 3. The van der Waals surface area contributed by atoms with Crippen molar-refractivity contribution in [2.45, 2.75) is 37.6 Å². The Labute approximate surface area is 126 Å². The summed E-state index contributed by atoms with van der Waals surface area (Å²) in [6.45, 7) is 4.55. The van der Waals surface area contributed by atoms with Crippen molar-refractivity contribution in [1.29, 1.82) is 0 Å². The Morgan fingerprint density at radius 3 is 2.48 bits per heavy atom. The van der Waals surface area contributed by atoms with Gasteiger partial charge in [-0.2, -0.15) is 9.40 Å². The number of sulfonamides is 1. The van der Waals surface area contributed by atoms with Crippen molar-refractivity contribution in [2.75, 3.05) is 7.05 Å². The summed E-state index contributed by atoms with van der Waals surface area (Å²) in [6, 6.07) is 7.16. The molecule has 0 aliphatic rings. The van der Waals surface area contributed by atoms with Crippen molar-refractivity contribution in [2.24, 2.45) is 0 Å². The molecule has 1 aromatic carbocycles. The molecular weight excluding hydrogens is 286 g/mol. The minimum atomic E-state index is -3.47. The van der Waals surface area contributed by atoms with E-state index in [-0.39, 0.29) is 0 Å². The predicted octanol–water partition coefficient (Wildman–Crippen LogP) is 2.74. The first-order valence-corrected chi connectivity index (χ1v) is 8.43. The minimum absolute atomic E-state index is 0.298. The maximum absolute atomic E-state index is 12.5. The first-order chi connectivity index (χ1) is 9.95. The molecule has 0 radical (unpaired) electrons. The summed E-state index contributed by atoms with van der Waals surface area (Å²) in [5.41, 5.74) is 1.99. The molecule has 114 valence electrons. The summed E-state index contributed by atoms with van der Waals surface area (Å²) in [5.74, 6) is 0.436. The van der Waals surface area contributed by atoms with Gasteiger partial charge in [0.15, 0.2) is 0 Å². The fourth-order valence-corrected chi connectivity index (χ4v) is 3.25. The lowest BCUT2D eigenvalue weighted by Gasteiger charge is -2.17. The number of hydrogen-bond donors (Lipinski definition) is 1. The van der Waals surface area contributed by atoms with E-state index in [0.29, 0.717) is 17.4 Å². The molecule has 0 aliphatic heterocycles. The maximum Gasteiger partial charge on any atom is 0.243 e. The van der Waals surface area contributed by atoms with Gasteiger partial charge in [-0.15, -0.1) is 0 Å². The Bertz CT molecular complexity index is 663. The van der Waals surface area contributed by atoms with Crippen LogP contribution in [-0.2, 0) is 16.6 Å². The van der Waals surface area contributed by atoms with Gasteiger partial charge in [0.25, 0.3) is 0 Å². The van der Waals surface area contributed by atoms with E-state index in [1.54, 1.807) is 31.6 Å². The van der Waals surface area contributed by atoms with Gasteiger partial charge in [0, 0.05) is 25.4 Å². The van der Waals surface area contributed by atoms with Crippen LogP contribution >= 0.6 is 0 Å². The number of aromatic nitrogens is 2. The summed E-state index contributed by atoms with van der Waals surface area (Å²) >= 11 is 0. The maximum atomic E-state index is 12.5. The Kier molecular flexibility index (Phi) is 4.80. The molecule has 0 amide bonds. The second kappa shape index (κ2) is 6.41.